The van der Waals surface area contributed by atoms with E-state index in [4.69, 9.17) is 0 Å². The summed E-state index contributed by atoms with van der Waals surface area (Å²) in [7, 11) is 0. The number of anilines is 1. The molecular weight excluding hydrogens is 308 g/mol. The smallest absolute Gasteiger partial charge is 0.249 e. The Morgan fingerprint density at radius 1 is 1.35 bits per heavy atom. The van der Waals surface area contributed by atoms with Crippen molar-refractivity contribution in [3.8, 4) is 0 Å². The average molecular weight is 324 g/mol. The summed E-state index contributed by atoms with van der Waals surface area (Å²) >= 11 is 1.48. The summed E-state index contributed by atoms with van der Waals surface area (Å²) in [6.45, 7) is 2.67. The number of thiazole rings is 1. The molecule has 0 spiro atoms. The third kappa shape index (κ3) is 4.14. The fourth-order valence-electron chi connectivity index (χ4n) is 2.18. The third-order valence-corrected chi connectivity index (χ3v) is 3.95. The molecule has 3 aromatic rings. The van der Waals surface area contributed by atoms with Crippen molar-refractivity contribution < 1.29 is 4.79 Å². The van der Waals surface area contributed by atoms with Crippen LogP contribution in [0.2, 0.25) is 0 Å². The number of aryl methyl sites for hydroxylation is 1. The summed E-state index contributed by atoms with van der Waals surface area (Å²) in [5.41, 5.74) is 2.34. The highest BCUT2D eigenvalue weighted by Crippen LogP contribution is 2.12. The van der Waals surface area contributed by atoms with Gasteiger partial charge in [0.05, 0.1) is 12.7 Å². The molecule has 23 heavy (non-hydrogen) atoms. The number of nitrogens with one attached hydrogen (secondary N) is 1. The highest BCUT2D eigenvalue weighted by atomic mass is 32.1. The van der Waals surface area contributed by atoms with E-state index in [9.17, 15) is 4.79 Å². The number of hydrogen-bond donors (Lipinski definition) is 1. The minimum atomic E-state index is -0.203. The van der Waals surface area contributed by atoms with Gasteiger partial charge < -0.3 is 5.32 Å². The van der Waals surface area contributed by atoms with Crippen LogP contribution in [-0.4, -0.2) is 20.7 Å². The molecule has 0 fully saturated rings. The van der Waals surface area contributed by atoms with Crippen molar-refractivity contribution >= 4 is 29.1 Å². The Labute approximate surface area is 138 Å². The molecule has 0 atom stereocenters. The molecule has 2 heterocycles. The number of benzene rings is 1. The van der Waals surface area contributed by atoms with Crippen molar-refractivity contribution in [3.63, 3.8) is 0 Å². The Kier molecular flexibility index (Phi) is 4.63. The number of hydrogen-bond acceptors (Lipinski definition) is 4. The SMILES string of the molecule is Cc1cccc(Cn2nccc2NC(=O)C=Cc2nccs2)c1. The van der Waals surface area contributed by atoms with Crippen molar-refractivity contribution in [2.24, 2.45) is 0 Å². The van der Waals surface area contributed by atoms with Crippen LogP contribution in [0.15, 0.2) is 54.2 Å². The summed E-state index contributed by atoms with van der Waals surface area (Å²) in [6, 6.07) is 10.0. The molecule has 0 aliphatic heterocycles. The van der Waals surface area contributed by atoms with E-state index >= 15 is 0 Å². The van der Waals surface area contributed by atoms with Crippen LogP contribution in [0.25, 0.3) is 6.08 Å². The molecule has 0 radical (unpaired) electrons. The standard InChI is InChI=1S/C17H16N4OS/c1-13-3-2-4-14(11-13)12-21-15(7-8-19-21)20-16(22)5-6-17-18-9-10-23-17/h2-11H,12H2,1H3,(H,20,22). The first kappa shape index (κ1) is 15.2. The van der Waals surface area contributed by atoms with Crippen LogP contribution < -0.4 is 5.32 Å². The number of aromatic nitrogens is 3. The quantitative estimate of drug-likeness (QED) is 0.732. The Bertz CT molecular complexity index is 821. The van der Waals surface area contributed by atoms with Crippen LogP contribution in [-0.2, 0) is 11.3 Å². The normalized spacial score (nSPS) is 11.0. The molecule has 1 aromatic carbocycles. The maximum absolute atomic E-state index is 12.0. The third-order valence-electron chi connectivity index (χ3n) is 3.21. The molecule has 0 aliphatic rings. The van der Waals surface area contributed by atoms with Crippen LogP contribution in [0.1, 0.15) is 16.1 Å². The van der Waals surface area contributed by atoms with Gasteiger partial charge in [0.25, 0.3) is 0 Å². The van der Waals surface area contributed by atoms with Crippen molar-refractivity contribution in [2.45, 2.75) is 13.5 Å². The van der Waals surface area contributed by atoms with Crippen LogP contribution in [0, 0.1) is 6.92 Å². The van der Waals surface area contributed by atoms with E-state index in [0.717, 1.165) is 10.6 Å². The van der Waals surface area contributed by atoms with Gasteiger partial charge in [0, 0.05) is 23.7 Å². The van der Waals surface area contributed by atoms with Crippen LogP contribution in [0.3, 0.4) is 0 Å². The van der Waals surface area contributed by atoms with E-state index in [0.29, 0.717) is 12.4 Å². The molecule has 0 bridgehead atoms. The first-order valence-electron chi connectivity index (χ1n) is 7.16. The topological polar surface area (TPSA) is 59.8 Å². The maximum atomic E-state index is 12.0. The lowest BCUT2D eigenvalue weighted by Crippen LogP contribution is -2.13. The predicted molar refractivity (Wildman–Crippen MR) is 92.3 cm³/mol. The number of amides is 1. The number of rotatable bonds is 5. The van der Waals surface area contributed by atoms with Gasteiger partial charge in [-0.2, -0.15) is 5.10 Å². The predicted octanol–water partition coefficient (Wildman–Crippen LogP) is 3.35. The molecule has 5 nitrogen and oxygen atoms in total. The molecule has 1 amide bonds. The Balaban J connectivity index is 1.67. The first-order valence-corrected chi connectivity index (χ1v) is 8.04. The summed E-state index contributed by atoms with van der Waals surface area (Å²) in [6.07, 6.45) is 6.55. The van der Waals surface area contributed by atoms with Crippen LogP contribution in [0.5, 0.6) is 0 Å². The van der Waals surface area contributed by atoms with Gasteiger partial charge in [0.2, 0.25) is 5.91 Å². The molecule has 1 N–H and O–H groups in total. The molecule has 0 unspecified atom stereocenters. The second-order valence-corrected chi connectivity index (χ2v) is 5.98. The van der Waals surface area contributed by atoms with Gasteiger partial charge in [0.15, 0.2) is 0 Å². The molecule has 6 heteroatoms. The second kappa shape index (κ2) is 7.02. The lowest BCUT2D eigenvalue weighted by molar-refractivity contribution is -0.111. The second-order valence-electron chi connectivity index (χ2n) is 5.06. The van der Waals surface area contributed by atoms with Crippen LogP contribution >= 0.6 is 11.3 Å². The largest absolute Gasteiger partial charge is 0.307 e. The van der Waals surface area contributed by atoms with E-state index in [1.54, 1.807) is 29.2 Å². The van der Waals surface area contributed by atoms with E-state index in [-0.39, 0.29) is 5.91 Å². The van der Waals surface area contributed by atoms with Crippen molar-refractivity contribution in [1.82, 2.24) is 14.8 Å². The minimum Gasteiger partial charge on any atom is -0.307 e. The van der Waals surface area contributed by atoms with E-state index < -0.39 is 0 Å². The average Bonchev–Trinajstić information content (AvgIpc) is 3.18. The zero-order valence-corrected chi connectivity index (χ0v) is 13.5. The van der Waals surface area contributed by atoms with Gasteiger partial charge >= 0.3 is 0 Å². The summed E-state index contributed by atoms with van der Waals surface area (Å²) in [5, 5.41) is 9.78. The molecule has 3 rings (SSSR count). The molecule has 116 valence electrons. The lowest BCUT2D eigenvalue weighted by atomic mass is 10.1. The van der Waals surface area contributed by atoms with Crippen molar-refractivity contribution in [3.05, 3.63) is 70.3 Å². The van der Waals surface area contributed by atoms with Crippen LogP contribution in [0.4, 0.5) is 5.82 Å². The minimum absolute atomic E-state index is 0.203. The summed E-state index contributed by atoms with van der Waals surface area (Å²) < 4.78 is 1.77. The Morgan fingerprint density at radius 3 is 3.04 bits per heavy atom. The molecule has 0 saturated carbocycles. The monoisotopic (exact) mass is 324 g/mol. The Hall–Kier alpha value is -2.73. The van der Waals surface area contributed by atoms with Gasteiger partial charge in [-0.05, 0) is 18.6 Å². The zero-order chi connectivity index (χ0) is 16.1. The zero-order valence-electron chi connectivity index (χ0n) is 12.6. The Morgan fingerprint density at radius 2 is 2.26 bits per heavy atom. The summed E-state index contributed by atoms with van der Waals surface area (Å²) in [4.78, 5) is 16.1. The van der Waals surface area contributed by atoms with Crippen molar-refractivity contribution in [1.29, 1.82) is 0 Å². The van der Waals surface area contributed by atoms with Gasteiger partial charge in [-0.3, -0.25) is 4.79 Å². The first-order chi connectivity index (χ1) is 11.2. The highest BCUT2D eigenvalue weighted by molar-refractivity contribution is 7.10. The fraction of sp³-hybridized carbons (Fsp3) is 0.118. The van der Waals surface area contributed by atoms with Gasteiger partial charge in [-0.25, -0.2) is 9.67 Å². The number of carbonyl (C=O) groups is 1. The van der Waals surface area contributed by atoms with Crippen molar-refractivity contribution in [2.75, 3.05) is 5.32 Å². The number of nitrogens with zero attached hydrogens (tertiary/aromatic N) is 3. The van der Waals surface area contributed by atoms with Gasteiger partial charge in [0.1, 0.15) is 10.8 Å². The van der Waals surface area contributed by atoms with E-state index in [2.05, 4.69) is 34.5 Å². The molecule has 0 aliphatic carbocycles. The molecule has 2 aromatic heterocycles. The molecular formula is C17H16N4OS. The lowest BCUT2D eigenvalue weighted by Gasteiger charge is -2.08. The summed E-state index contributed by atoms with van der Waals surface area (Å²) in [5.74, 6) is 0.464. The van der Waals surface area contributed by atoms with E-state index in [1.165, 1.54) is 23.0 Å². The maximum Gasteiger partial charge on any atom is 0.249 e. The van der Waals surface area contributed by atoms with E-state index in [1.807, 2.05) is 17.5 Å². The van der Waals surface area contributed by atoms with Gasteiger partial charge in [-0.1, -0.05) is 29.8 Å². The van der Waals surface area contributed by atoms with Gasteiger partial charge in [-0.15, -0.1) is 11.3 Å². The highest BCUT2D eigenvalue weighted by Gasteiger charge is 2.06. The fourth-order valence-corrected chi connectivity index (χ4v) is 2.71. The molecule has 0 saturated heterocycles. The number of carbonyl (C=O) groups excluding carboxylic acids is 1.